The number of hydrogen-bond acceptors (Lipinski definition) is 8. The molecule has 3 aliphatic rings. The van der Waals surface area contributed by atoms with Gasteiger partial charge in [-0.15, -0.1) is 13.2 Å². The van der Waals surface area contributed by atoms with Gasteiger partial charge in [0, 0.05) is 45.9 Å². The third-order valence-electron chi connectivity index (χ3n) is 10.5. The standard InChI is InChI=1S/C40H51BrF2N3O7PS/c1-4-7-8-9-10-18-35(44-39(49)52-29-14-11-12-15-29)38(48)46-25-30(53-55-31-21-19-28(41)20-22-31)23-36(46)37(47)45-40(24-27(40)5-2)54(50,51-6-3)26-32-33(42)16-13-17-34(32)43/h4-5,13,16-17,19-22,27,29-30,35-36H,1-2,6-12,14-15,18,23-26H2,3H3,(H,44,49)(H,45,47)/t27-,30+,35+,36+,40+,54?/m1/s1. The second-order valence-corrected chi connectivity index (χ2v) is 18.8. The molecule has 55 heavy (non-hydrogen) atoms. The van der Waals surface area contributed by atoms with Crippen LogP contribution in [0.15, 0.2) is 77.1 Å². The van der Waals surface area contributed by atoms with Gasteiger partial charge in [0.15, 0.2) is 0 Å². The van der Waals surface area contributed by atoms with E-state index in [1.54, 1.807) is 13.0 Å². The van der Waals surface area contributed by atoms with Crippen molar-refractivity contribution in [2.75, 3.05) is 13.2 Å². The lowest BCUT2D eigenvalue weighted by Crippen LogP contribution is -2.55. The minimum absolute atomic E-state index is 0.0359. The number of likely N-dealkylation sites (tertiary alicyclic amines) is 1. The van der Waals surface area contributed by atoms with Crippen LogP contribution in [0.2, 0.25) is 0 Å². The lowest BCUT2D eigenvalue weighted by Gasteiger charge is -2.33. The monoisotopic (exact) mass is 865 g/mol. The van der Waals surface area contributed by atoms with Crippen molar-refractivity contribution in [1.29, 1.82) is 0 Å². The van der Waals surface area contributed by atoms with Gasteiger partial charge in [-0.1, -0.05) is 47.0 Å². The number of alkyl carbamates (subject to hydrolysis) is 1. The Hall–Kier alpha value is -3.03. The van der Waals surface area contributed by atoms with E-state index in [-0.39, 0.29) is 32.1 Å². The highest BCUT2D eigenvalue weighted by atomic mass is 79.9. The fraction of sp³-hybridized carbons (Fsp3) is 0.525. The molecular weight excluding hydrogens is 815 g/mol. The van der Waals surface area contributed by atoms with Gasteiger partial charge in [0.05, 0.1) is 18.9 Å². The summed E-state index contributed by atoms with van der Waals surface area (Å²) in [6, 6.07) is 8.79. The van der Waals surface area contributed by atoms with Crippen LogP contribution < -0.4 is 10.6 Å². The highest BCUT2D eigenvalue weighted by molar-refractivity contribution is 9.10. The molecule has 15 heteroatoms. The lowest BCUT2D eigenvalue weighted by molar-refractivity contribution is -0.140. The van der Waals surface area contributed by atoms with Gasteiger partial charge >= 0.3 is 6.09 Å². The highest BCUT2D eigenvalue weighted by Crippen LogP contribution is 2.73. The summed E-state index contributed by atoms with van der Waals surface area (Å²) in [5, 5.41) is 4.24. The average molecular weight is 867 g/mol. The van der Waals surface area contributed by atoms with E-state index in [1.807, 2.05) is 30.3 Å². The van der Waals surface area contributed by atoms with Crippen LogP contribution in [0.25, 0.3) is 0 Å². The zero-order chi connectivity index (χ0) is 39.6. The van der Waals surface area contributed by atoms with Crippen molar-refractivity contribution in [1.82, 2.24) is 15.5 Å². The first-order valence-corrected chi connectivity index (χ1v) is 22.4. The number of rotatable bonds is 20. The molecule has 2 aliphatic carbocycles. The number of unbranched alkanes of at least 4 members (excludes halogenated alkanes) is 3. The molecule has 1 saturated heterocycles. The van der Waals surface area contributed by atoms with Crippen molar-refractivity contribution in [2.45, 2.75) is 118 Å². The van der Waals surface area contributed by atoms with Gasteiger partial charge in [0.2, 0.25) is 19.2 Å². The van der Waals surface area contributed by atoms with Crippen LogP contribution in [0.3, 0.4) is 0 Å². The Kier molecular flexibility index (Phi) is 15.6. The molecule has 1 heterocycles. The predicted molar refractivity (Wildman–Crippen MR) is 212 cm³/mol. The van der Waals surface area contributed by atoms with Gasteiger partial charge in [-0.2, -0.15) is 0 Å². The third kappa shape index (κ3) is 10.9. The molecule has 0 aromatic heterocycles. The van der Waals surface area contributed by atoms with Crippen LogP contribution in [0.1, 0.15) is 83.1 Å². The summed E-state index contributed by atoms with van der Waals surface area (Å²) in [6.07, 6.45) is 8.46. The molecule has 2 aromatic carbocycles. The quantitative estimate of drug-likeness (QED) is 0.0585. The fourth-order valence-corrected chi connectivity index (χ4v) is 11.5. The second kappa shape index (κ2) is 19.9. The maximum absolute atomic E-state index is 14.9. The molecule has 2 aromatic rings. The zero-order valence-corrected chi connectivity index (χ0v) is 34.5. The maximum atomic E-state index is 14.9. The van der Waals surface area contributed by atoms with Crippen LogP contribution >= 0.6 is 35.3 Å². The second-order valence-electron chi connectivity index (χ2n) is 14.3. The summed E-state index contributed by atoms with van der Waals surface area (Å²) in [7, 11) is -4.05. The first kappa shape index (κ1) is 43.1. The Labute approximate surface area is 335 Å². The Morgan fingerprint density at radius 2 is 1.78 bits per heavy atom. The Bertz CT molecular complexity index is 1710. The zero-order valence-electron chi connectivity index (χ0n) is 31.2. The molecule has 5 rings (SSSR count). The first-order valence-electron chi connectivity index (χ1n) is 19.0. The molecule has 1 unspecified atom stereocenters. The van der Waals surface area contributed by atoms with Crippen LogP contribution in [0.5, 0.6) is 0 Å². The highest BCUT2D eigenvalue weighted by Gasteiger charge is 2.67. The number of ether oxygens (including phenoxy) is 1. The molecule has 0 radical (unpaired) electrons. The molecular formula is C40H51BrF2N3O7PS. The van der Waals surface area contributed by atoms with Crippen LogP contribution in [0.4, 0.5) is 13.6 Å². The van der Waals surface area contributed by atoms with Crippen molar-refractivity contribution < 1.29 is 41.2 Å². The minimum atomic E-state index is -4.05. The van der Waals surface area contributed by atoms with Crippen molar-refractivity contribution >= 4 is 53.2 Å². The Morgan fingerprint density at radius 1 is 1.07 bits per heavy atom. The van der Waals surface area contributed by atoms with E-state index >= 15 is 0 Å². The first-order chi connectivity index (χ1) is 26.4. The SMILES string of the molecule is C=CCCCCC[C@H](NC(=O)OC1CCCC1)C(=O)N1C[C@@H](OSc2ccc(Br)cc2)C[C@H]1C(=O)N[C@]1(P(=O)(Cc2c(F)cccc2F)OCC)C[C@H]1C=C. The predicted octanol–water partition coefficient (Wildman–Crippen LogP) is 9.43. The summed E-state index contributed by atoms with van der Waals surface area (Å²) in [6.45, 7) is 9.25. The van der Waals surface area contributed by atoms with Gasteiger partial charge in [-0.05, 0) is 94.7 Å². The normalized spacial score (nSPS) is 23.8. The number of carbonyl (C=O) groups is 3. The molecule has 300 valence electrons. The van der Waals surface area contributed by atoms with Crippen molar-refractivity contribution in [3.05, 3.63) is 89.4 Å². The van der Waals surface area contributed by atoms with Crippen molar-refractivity contribution in [3.63, 3.8) is 0 Å². The summed E-state index contributed by atoms with van der Waals surface area (Å²) < 4.78 is 63.2. The molecule has 10 nitrogen and oxygen atoms in total. The van der Waals surface area contributed by atoms with Crippen LogP contribution in [-0.4, -0.2) is 65.5 Å². The van der Waals surface area contributed by atoms with Gasteiger partial charge in [0.1, 0.15) is 35.1 Å². The number of nitrogens with one attached hydrogen (secondary N) is 2. The van der Waals surface area contributed by atoms with Crippen LogP contribution in [-0.2, 0) is 33.8 Å². The van der Waals surface area contributed by atoms with E-state index in [4.69, 9.17) is 13.4 Å². The number of benzene rings is 2. The van der Waals surface area contributed by atoms with E-state index in [2.05, 4.69) is 39.7 Å². The Balaban J connectivity index is 1.41. The summed E-state index contributed by atoms with van der Waals surface area (Å²) in [5.74, 6) is -3.36. The largest absolute Gasteiger partial charge is 0.446 e. The van der Waals surface area contributed by atoms with Crippen molar-refractivity contribution in [3.8, 4) is 0 Å². The van der Waals surface area contributed by atoms with Crippen molar-refractivity contribution in [2.24, 2.45) is 5.92 Å². The third-order valence-corrected chi connectivity index (χ3v) is 15.1. The maximum Gasteiger partial charge on any atom is 0.408 e. The molecule has 0 spiro atoms. The fourth-order valence-electron chi connectivity index (χ4n) is 7.45. The molecule has 1 aliphatic heterocycles. The summed E-state index contributed by atoms with van der Waals surface area (Å²) in [4.78, 5) is 44.4. The summed E-state index contributed by atoms with van der Waals surface area (Å²) >= 11 is 4.55. The van der Waals surface area contributed by atoms with Gasteiger partial charge in [0.25, 0.3) is 0 Å². The topological polar surface area (TPSA) is 123 Å². The molecule has 2 N–H and O–H groups in total. The molecule has 6 atom stereocenters. The lowest BCUT2D eigenvalue weighted by atomic mass is 10.1. The number of hydrogen-bond donors (Lipinski definition) is 2. The van der Waals surface area contributed by atoms with E-state index < -0.39 is 78.0 Å². The number of halogens is 3. The van der Waals surface area contributed by atoms with E-state index in [0.717, 1.165) is 78.5 Å². The van der Waals surface area contributed by atoms with Gasteiger partial charge in [-0.3, -0.25) is 14.2 Å². The van der Waals surface area contributed by atoms with E-state index in [9.17, 15) is 27.7 Å². The average Bonchev–Trinajstić information content (AvgIpc) is 3.43. The van der Waals surface area contributed by atoms with Gasteiger partial charge < -0.3 is 29.0 Å². The summed E-state index contributed by atoms with van der Waals surface area (Å²) in [5.41, 5.74) is -0.398. The number of allylic oxidation sites excluding steroid dienone is 1. The minimum Gasteiger partial charge on any atom is -0.446 e. The Morgan fingerprint density at radius 3 is 2.42 bits per heavy atom. The molecule has 2 saturated carbocycles. The molecule has 3 fully saturated rings. The van der Waals surface area contributed by atoms with E-state index in [0.29, 0.717) is 12.8 Å². The van der Waals surface area contributed by atoms with E-state index in [1.165, 1.54) is 11.0 Å². The smallest absolute Gasteiger partial charge is 0.408 e. The number of amides is 3. The number of nitrogens with zero attached hydrogens (tertiary/aromatic N) is 1. The van der Waals surface area contributed by atoms with Crippen LogP contribution in [0, 0.1) is 17.6 Å². The molecule has 3 amide bonds. The van der Waals surface area contributed by atoms with Gasteiger partial charge in [-0.25, -0.2) is 13.6 Å². The molecule has 0 bridgehead atoms. The number of carbonyl (C=O) groups excluding carboxylic acids is 3.